The Morgan fingerprint density at radius 2 is 2.14 bits per heavy atom. The highest BCUT2D eigenvalue weighted by atomic mass is 32.1. The molecule has 0 aliphatic carbocycles. The lowest BCUT2D eigenvalue weighted by atomic mass is 10.1. The van der Waals surface area contributed by atoms with Crippen LogP contribution in [0.25, 0.3) is 5.70 Å². The topological polar surface area (TPSA) is 40.7 Å². The Morgan fingerprint density at radius 3 is 2.76 bits per heavy atom. The Bertz CT molecular complexity index is 735. The number of anilines is 1. The van der Waals surface area contributed by atoms with Crippen molar-refractivity contribution in [2.45, 2.75) is 13.1 Å². The molecule has 0 aromatic carbocycles. The number of nitrogens with one attached hydrogen (secondary N) is 2. The predicted octanol–water partition coefficient (Wildman–Crippen LogP) is 4.55. The van der Waals surface area contributed by atoms with Crippen LogP contribution in [-0.4, -0.2) is 9.97 Å². The fraction of sp³-hybridized carbons (Fsp3) is 0.143. The maximum absolute atomic E-state index is 12.7. The molecule has 3 nitrogen and oxygen atoms in total. The first kappa shape index (κ1) is 15.2. The normalized spacial score (nSPS) is 11.2. The van der Waals surface area contributed by atoms with E-state index in [-0.39, 0.29) is 10.3 Å². The average Bonchev–Trinajstić information content (AvgIpc) is 2.40. The molecule has 0 spiro atoms. The Hall–Kier alpha value is -2.15. The SMILES string of the molecule is C=C(Nc1cc(C(F)(F)F)c[nH]c1=S)c1ncccc1C. The highest BCUT2D eigenvalue weighted by Crippen LogP contribution is 2.31. The third-order valence-electron chi connectivity index (χ3n) is 2.81. The molecule has 0 atom stereocenters. The van der Waals surface area contributed by atoms with E-state index in [1.807, 2.05) is 13.0 Å². The van der Waals surface area contributed by atoms with Crippen molar-refractivity contribution in [1.29, 1.82) is 0 Å². The maximum Gasteiger partial charge on any atom is 0.417 e. The van der Waals surface area contributed by atoms with Gasteiger partial charge in [-0.1, -0.05) is 24.9 Å². The number of H-pyrrole nitrogens is 1. The number of aryl methyl sites for hydroxylation is 1. The molecule has 2 heterocycles. The number of aromatic nitrogens is 2. The molecule has 0 bridgehead atoms. The minimum atomic E-state index is -4.45. The van der Waals surface area contributed by atoms with Gasteiger partial charge in [0.2, 0.25) is 0 Å². The number of hydrogen-bond acceptors (Lipinski definition) is 3. The van der Waals surface area contributed by atoms with Crippen molar-refractivity contribution in [3.8, 4) is 0 Å². The highest BCUT2D eigenvalue weighted by Gasteiger charge is 2.31. The molecule has 0 aliphatic rings. The second kappa shape index (κ2) is 5.69. The van der Waals surface area contributed by atoms with Crippen LogP contribution in [0.2, 0.25) is 0 Å². The summed E-state index contributed by atoms with van der Waals surface area (Å²) in [7, 11) is 0. The zero-order chi connectivity index (χ0) is 15.6. The number of halogens is 3. The number of alkyl halides is 3. The van der Waals surface area contributed by atoms with Gasteiger partial charge in [0.25, 0.3) is 0 Å². The monoisotopic (exact) mass is 311 g/mol. The number of rotatable bonds is 3. The van der Waals surface area contributed by atoms with Crippen LogP contribution in [0, 0.1) is 11.6 Å². The Balaban J connectivity index is 2.34. The summed E-state index contributed by atoms with van der Waals surface area (Å²) in [5.74, 6) is 0. The van der Waals surface area contributed by atoms with Gasteiger partial charge in [0.15, 0.2) is 0 Å². The molecule has 7 heteroatoms. The van der Waals surface area contributed by atoms with Crippen LogP contribution in [0.15, 0.2) is 37.2 Å². The summed E-state index contributed by atoms with van der Waals surface area (Å²) in [6, 6.07) is 4.55. The molecule has 110 valence electrons. The van der Waals surface area contributed by atoms with Gasteiger partial charge in [0, 0.05) is 12.4 Å². The molecule has 0 amide bonds. The summed E-state index contributed by atoms with van der Waals surface area (Å²) in [5.41, 5.74) is 1.13. The highest BCUT2D eigenvalue weighted by molar-refractivity contribution is 7.71. The molecular weight excluding hydrogens is 299 g/mol. The lowest BCUT2D eigenvalue weighted by Crippen LogP contribution is -2.08. The van der Waals surface area contributed by atoms with Crippen LogP contribution in [0.3, 0.4) is 0 Å². The summed E-state index contributed by atoms with van der Waals surface area (Å²) in [6.07, 6.45) is -2.03. The second-order valence-electron chi connectivity index (χ2n) is 4.40. The summed E-state index contributed by atoms with van der Waals surface area (Å²) in [6.45, 7) is 5.63. The third-order valence-corrected chi connectivity index (χ3v) is 3.15. The van der Waals surface area contributed by atoms with Gasteiger partial charge in [-0.3, -0.25) is 4.98 Å². The van der Waals surface area contributed by atoms with E-state index in [9.17, 15) is 13.2 Å². The van der Waals surface area contributed by atoms with Crippen LogP contribution in [0.1, 0.15) is 16.8 Å². The van der Waals surface area contributed by atoms with Crippen LogP contribution < -0.4 is 5.32 Å². The van der Waals surface area contributed by atoms with E-state index in [0.717, 1.165) is 17.8 Å². The van der Waals surface area contributed by atoms with Gasteiger partial charge in [-0.25, -0.2) is 0 Å². The van der Waals surface area contributed by atoms with E-state index < -0.39 is 11.7 Å². The van der Waals surface area contributed by atoms with Crippen LogP contribution in [0.5, 0.6) is 0 Å². The molecular formula is C14H12F3N3S. The molecule has 2 aromatic rings. The van der Waals surface area contributed by atoms with Crippen molar-refractivity contribution in [2.24, 2.45) is 0 Å². The van der Waals surface area contributed by atoms with Crippen molar-refractivity contribution in [1.82, 2.24) is 9.97 Å². The molecule has 0 radical (unpaired) electrons. The van der Waals surface area contributed by atoms with Gasteiger partial charge in [0.05, 0.1) is 22.6 Å². The van der Waals surface area contributed by atoms with Crippen molar-refractivity contribution in [2.75, 3.05) is 5.32 Å². The minimum Gasteiger partial charge on any atom is -0.352 e. The number of hydrogen-bond donors (Lipinski definition) is 2. The largest absolute Gasteiger partial charge is 0.417 e. The summed E-state index contributed by atoms with van der Waals surface area (Å²) < 4.78 is 38.3. The molecule has 2 N–H and O–H groups in total. The minimum absolute atomic E-state index is 0.134. The summed E-state index contributed by atoms with van der Waals surface area (Å²) in [5, 5.41) is 2.79. The smallest absolute Gasteiger partial charge is 0.352 e. The zero-order valence-corrected chi connectivity index (χ0v) is 11.9. The first-order valence-electron chi connectivity index (χ1n) is 5.97. The number of pyridine rings is 2. The van der Waals surface area contributed by atoms with Crippen molar-refractivity contribution in [3.05, 3.63) is 58.6 Å². The standard InChI is InChI=1S/C14H12F3N3S/c1-8-4-3-5-18-12(8)9(2)20-11-6-10(14(15,16)17)7-19-13(11)21/h3-7,20H,2H2,1H3,(H,19,21). The average molecular weight is 311 g/mol. The van der Waals surface area contributed by atoms with Crippen LogP contribution in [-0.2, 0) is 6.18 Å². The number of nitrogens with zero attached hydrogens (tertiary/aromatic N) is 1. The van der Waals surface area contributed by atoms with Gasteiger partial charge < -0.3 is 10.3 Å². The molecule has 0 aliphatic heterocycles. The molecule has 2 rings (SSSR count). The lowest BCUT2D eigenvalue weighted by Gasteiger charge is -2.13. The quantitative estimate of drug-likeness (QED) is 0.817. The van der Waals surface area contributed by atoms with Crippen LogP contribution in [0.4, 0.5) is 18.9 Å². The van der Waals surface area contributed by atoms with E-state index >= 15 is 0 Å². The summed E-state index contributed by atoms with van der Waals surface area (Å²) in [4.78, 5) is 6.56. The molecule has 0 saturated heterocycles. The third kappa shape index (κ3) is 3.49. The maximum atomic E-state index is 12.7. The van der Waals surface area contributed by atoms with E-state index in [1.54, 1.807) is 12.3 Å². The predicted molar refractivity (Wildman–Crippen MR) is 78.3 cm³/mol. The zero-order valence-electron chi connectivity index (χ0n) is 11.1. The van der Waals surface area contributed by atoms with Gasteiger partial charge in [-0.05, 0) is 24.6 Å². The van der Waals surface area contributed by atoms with Crippen molar-refractivity contribution in [3.63, 3.8) is 0 Å². The lowest BCUT2D eigenvalue weighted by molar-refractivity contribution is -0.137. The molecule has 21 heavy (non-hydrogen) atoms. The van der Waals surface area contributed by atoms with Gasteiger partial charge in [-0.15, -0.1) is 0 Å². The first-order chi connectivity index (χ1) is 9.79. The molecule has 0 fully saturated rings. The van der Waals surface area contributed by atoms with E-state index in [0.29, 0.717) is 11.4 Å². The van der Waals surface area contributed by atoms with Gasteiger partial charge in [0.1, 0.15) is 4.64 Å². The first-order valence-corrected chi connectivity index (χ1v) is 6.37. The van der Waals surface area contributed by atoms with E-state index in [4.69, 9.17) is 12.2 Å². The van der Waals surface area contributed by atoms with Gasteiger partial charge >= 0.3 is 6.18 Å². The Labute approximate surface area is 124 Å². The summed E-state index contributed by atoms with van der Waals surface area (Å²) >= 11 is 4.99. The van der Waals surface area contributed by atoms with E-state index in [1.165, 1.54) is 0 Å². The van der Waals surface area contributed by atoms with Gasteiger partial charge in [-0.2, -0.15) is 13.2 Å². The second-order valence-corrected chi connectivity index (χ2v) is 4.81. The Kier molecular flexibility index (Phi) is 4.13. The van der Waals surface area contributed by atoms with Crippen LogP contribution >= 0.6 is 12.2 Å². The van der Waals surface area contributed by atoms with Crippen molar-refractivity contribution < 1.29 is 13.2 Å². The molecule has 0 unspecified atom stereocenters. The molecule has 2 aromatic heterocycles. The Morgan fingerprint density at radius 1 is 1.43 bits per heavy atom. The van der Waals surface area contributed by atoms with Crippen molar-refractivity contribution >= 4 is 23.6 Å². The fourth-order valence-corrected chi connectivity index (χ4v) is 1.93. The fourth-order valence-electron chi connectivity index (χ4n) is 1.76. The number of aromatic amines is 1. The molecule has 0 saturated carbocycles. The van der Waals surface area contributed by atoms with E-state index in [2.05, 4.69) is 21.9 Å².